The number of carbonyl (C=O) groups excluding carboxylic acids is 1. The van der Waals surface area contributed by atoms with Crippen LogP contribution in [0.5, 0.6) is 0 Å². The van der Waals surface area contributed by atoms with E-state index in [1.165, 1.54) is 5.56 Å². The van der Waals surface area contributed by atoms with Gasteiger partial charge in [0, 0.05) is 44.5 Å². The summed E-state index contributed by atoms with van der Waals surface area (Å²) in [5.74, 6) is 0.703. The Morgan fingerprint density at radius 1 is 1.29 bits per heavy atom. The Hall–Kier alpha value is -2.25. The molecule has 3 N–H and O–H groups in total. The monoisotopic (exact) mass is 394 g/mol. The second kappa shape index (κ2) is 10.9. The van der Waals surface area contributed by atoms with Crippen LogP contribution in [0.15, 0.2) is 4.99 Å². The minimum absolute atomic E-state index is 0.0646. The van der Waals surface area contributed by atoms with E-state index in [9.17, 15) is 4.79 Å². The Morgan fingerprint density at radius 2 is 1.96 bits per heavy atom. The third-order valence-electron chi connectivity index (χ3n) is 4.45. The van der Waals surface area contributed by atoms with Crippen molar-refractivity contribution in [3.8, 4) is 0 Å². The molecule has 160 valence electrons. The zero-order valence-electron chi connectivity index (χ0n) is 18.8. The molecule has 1 aromatic rings. The Kier molecular flexibility index (Phi) is 9.28. The van der Waals surface area contributed by atoms with Gasteiger partial charge in [-0.1, -0.05) is 19.8 Å². The molecule has 1 aromatic heterocycles. The number of rotatable bonds is 8. The fourth-order valence-electron chi connectivity index (χ4n) is 2.83. The van der Waals surface area contributed by atoms with Crippen LogP contribution in [-0.2, 0) is 18.3 Å². The van der Waals surface area contributed by atoms with Gasteiger partial charge in [-0.3, -0.25) is 9.67 Å². The van der Waals surface area contributed by atoms with E-state index in [2.05, 4.69) is 39.9 Å². The minimum Gasteiger partial charge on any atom is -0.444 e. The quantitative estimate of drug-likeness (QED) is 0.466. The van der Waals surface area contributed by atoms with Crippen LogP contribution in [-0.4, -0.2) is 47.1 Å². The minimum atomic E-state index is -0.506. The summed E-state index contributed by atoms with van der Waals surface area (Å²) in [7, 11) is 3.69. The van der Waals surface area contributed by atoms with Crippen molar-refractivity contribution < 1.29 is 9.53 Å². The molecule has 0 aliphatic carbocycles. The lowest BCUT2D eigenvalue weighted by atomic mass is 10.1. The van der Waals surface area contributed by atoms with Crippen LogP contribution >= 0.6 is 0 Å². The summed E-state index contributed by atoms with van der Waals surface area (Å²) < 4.78 is 7.21. The number of nitrogens with zero attached hydrogens (tertiary/aromatic N) is 3. The van der Waals surface area contributed by atoms with Gasteiger partial charge in [-0.05, 0) is 41.0 Å². The Labute approximate surface area is 169 Å². The molecule has 0 fully saturated rings. The summed E-state index contributed by atoms with van der Waals surface area (Å²) in [6.07, 6.45) is 2.68. The number of carbonyl (C=O) groups is 1. The summed E-state index contributed by atoms with van der Waals surface area (Å²) in [5, 5.41) is 14.1. The predicted molar refractivity (Wildman–Crippen MR) is 114 cm³/mol. The molecule has 0 spiro atoms. The molecule has 0 saturated carbocycles. The maximum absolute atomic E-state index is 12.0. The van der Waals surface area contributed by atoms with Crippen LogP contribution in [0.1, 0.15) is 63.9 Å². The molecule has 1 atom stereocenters. The second-order valence-electron chi connectivity index (χ2n) is 8.07. The van der Waals surface area contributed by atoms with Gasteiger partial charge in [0.1, 0.15) is 5.60 Å². The van der Waals surface area contributed by atoms with Crippen LogP contribution in [0.3, 0.4) is 0 Å². The first-order chi connectivity index (χ1) is 13.1. The summed E-state index contributed by atoms with van der Waals surface area (Å²) in [4.78, 5) is 16.3. The van der Waals surface area contributed by atoms with Gasteiger partial charge in [-0.25, -0.2) is 4.79 Å². The molecule has 0 saturated heterocycles. The third kappa shape index (κ3) is 8.19. The lowest BCUT2D eigenvalue weighted by Crippen LogP contribution is -2.48. The summed E-state index contributed by atoms with van der Waals surface area (Å²) in [5.41, 5.74) is 2.81. The Balaban J connectivity index is 2.65. The number of aliphatic imine (C=N–C) groups is 1. The number of aryl methyl sites for hydroxylation is 2. The SMILES string of the molecule is CCCCC(CNC(=O)OC(C)(C)C)NC(=NC)NCc1c(C)nn(C)c1C. The van der Waals surface area contributed by atoms with Crippen molar-refractivity contribution in [2.75, 3.05) is 13.6 Å². The highest BCUT2D eigenvalue weighted by atomic mass is 16.6. The topological polar surface area (TPSA) is 92.6 Å². The largest absolute Gasteiger partial charge is 0.444 e. The number of alkyl carbamates (subject to hydrolysis) is 1. The second-order valence-corrected chi connectivity index (χ2v) is 8.07. The first-order valence-corrected chi connectivity index (χ1v) is 10.0. The molecule has 1 amide bonds. The summed E-state index contributed by atoms with van der Waals surface area (Å²) >= 11 is 0. The van der Waals surface area contributed by atoms with Crippen LogP contribution in [0.25, 0.3) is 0 Å². The van der Waals surface area contributed by atoms with Crippen LogP contribution in [0.2, 0.25) is 0 Å². The van der Waals surface area contributed by atoms with Crippen molar-refractivity contribution >= 4 is 12.1 Å². The summed E-state index contributed by atoms with van der Waals surface area (Å²) in [6, 6.07) is 0.0646. The lowest BCUT2D eigenvalue weighted by Gasteiger charge is -2.24. The van der Waals surface area contributed by atoms with Crippen LogP contribution in [0, 0.1) is 13.8 Å². The Bertz CT molecular complexity index is 660. The number of unbranched alkanes of at least 4 members (excludes halogenated alkanes) is 1. The molecule has 0 aliphatic rings. The fraction of sp³-hybridized carbons (Fsp3) is 0.750. The maximum Gasteiger partial charge on any atom is 0.407 e. The van der Waals surface area contributed by atoms with E-state index in [1.54, 1.807) is 7.05 Å². The van der Waals surface area contributed by atoms with Crippen molar-refractivity contribution in [2.45, 2.75) is 79.0 Å². The van der Waals surface area contributed by atoms with Crippen molar-refractivity contribution in [3.05, 3.63) is 17.0 Å². The van der Waals surface area contributed by atoms with Crippen molar-refractivity contribution in [1.29, 1.82) is 0 Å². The van der Waals surface area contributed by atoms with Gasteiger partial charge in [0.2, 0.25) is 0 Å². The number of hydrogen-bond donors (Lipinski definition) is 3. The molecule has 8 nitrogen and oxygen atoms in total. The van der Waals surface area contributed by atoms with E-state index in [0.29, 0.717) is 19.0 Å². The first-order valence-electron chi connectivity index (χ1n) is 10.0. The highest BCUT2D eigenvalue weighted by Gasteiger charge is 2.18. The zero-order chi connectivity index (χ0) is 21.3. The van der Waals surface area contributed by atoms with Crippen LogP contribution in [0.4, 0.5) is 4.79 Å². The van der Waals surface area contributed by atoms with Crippen LogP contribution < -0.4 is 16.0 Å². The van der Waals surface area contributed by atoms with Gasteiger partial charge in [0.05, 0.1) is 5.69 Å². The number of guanidine groups is 1. The van der Waals surface area contributed by atoms with E-state index >= 15 is 0 Å². The van der Waals surface area contributed by atoms with Gasteiger partial charge in [-0.2, -0.15) is 5.10 Å². The zero-order valence-corrected chi connectivity index (χ0v) is 18.8. The average Bonchev–Trinajstić information content (AvgIpc) is 2.84. The normalized spacial score (nSPS) is 13.2. The number of hydrogen-bond acceptors (Lipinski definition) is 4. The lowest BCUT2D eigenvalue weighted by molar-refractivity contribution is 0.0523. The van der Waals surface area contributed by atoms with Gasteiger partial charge in [0.25, 0.3) is 0 Å². The number of ether oxygens (including phenoxy) is 1. The standard InChI is InChI=1S/C20H38N6O2/c1-9-10-11-16(12-23-19(27)28-20(4,5)6)24-18(21-7)22-13-17-14(2)25-26(8)15(17)3/h16H,9-13H2,1-8H3,(H,23,27)(H2,21,22,24). The average molecular weight is 395 g/mol. The molecule has 1 unspecified atom stereocenters. The third-order valence-corrected chi connectivity index (χ3v) is 4.45. The number of amides is 1. The highest BCUT2D eigenvalue weighted by Crippen LogP contribution is 2.11. The van der Waals surface area contributed by atoms with Gasteiger partial charge < -0.3 is 20.7 Å². The Morgan fingerprint density at radius 3 is 2.46 bits per heavy atom. The molecular weight excluding hydrogens is 356 g/mol. The molecule has 0 aromatic carbocycles. The molecule has 0 radical (unpaired) electrons. The van der Waals surface area contributed by atoms with E-state index in [-0.39, 0.29) is 6.04 Å². The van der Waals surface area contributed by atoms with Gasteiger partial charge in [-0.15, -0.1) is 0 Å². The molecule has 0 aliphatic heterocycles. The summed E-state index contributed by atoms with van der Waals surface area (Å²) in [6.45, 7) is 12.9. The predicted octanol–water partition coefficient (Wildman–Crippen LogP) is 2.79. The maximum atomic E-state index is 12.0. The van der Waals surface area contributed by atoms with Crippen molar-refractivity contribution in [1.82, 2.24) is 25.7 Å². The highest BCUT2D eigenvalue weighted by molar-refractivity contribution is 5.80. The molecule has 1 heterocycles. The number of nitrogens with one attached hydrogen (secondary N) is 3. The smallest absolute Gasteiger partial charge is 0.407 e. The fourth-order valence-corrected chi connectivity index (χ4v) is 2.83. The van der Waals surface area contributed by atoms with E-state index in [0.717, 1.165) is 30.7 Å². The molecule has 8 heteroatoms. The van der Waals surface area contributed by atoms with E-state index in [1.807, 2.05) is 39.4 Å². The molecule has 0 bridgehead atoms. The molecule has 28 heavy (non-hydrogen) atoms. The number of aromatic nitrogens is 2. The van der Waals surface area contributed by atoms with E-state index in [4.69, 9.17) is 4.74 Å². The van der Waals surface area contributed by atoms with Crippen molar-refractivity contribution in [3.63, 3.8) is 0 Å². The molecular formula is C20H38N6O2. The molecule has 1 rings (SSSR count). The van der Waals surface area contributed by atoms with Gasteiger partial charge in [0.15, 0.2) is 5.96 Å². The van der Waals surface area contributed by atoms with E-state index < -0.39 is 11.7 Å². The van der Waals surface area contributed by atoms with Crippen molar-refractivity contribution in [2.24, 2.45) is 12.0 Å². The first kappa shape index (κ1) is 23.8. The van der Waals surface area contributed by atoms with Gasteiger partial charge >= 0.3 is 6.09 Å².